The van der Waals surface area contributed by atoms with Crippen molar-refractivity contribution in [3.05, 3.63) is 58.6 Å². The van der Waals surface area contributed by atoms with Crippen LogP contribution in [0, 0.1) is 6.92 Å². The first kappa shape index (κ1) is 13.7. The van der Waals surface area contributed by atoms with Gasteiger partial charge in [0.15, 0.2) is 0 Å². The maximum Gasteiger partial charge on any atom is 0.307 e. The van der Waals surface area contributed by atoms with Gasteiger partial charge >= 0.3 is 5.97 Å². The molecule has 0 atom stereocenters. The number of aliphatic carboxylic acids is 1. The predicted molar refractivity (Wildman–Crippen MR) is 84.8 cm³/mol. The maximum atomic E-state index is 11.2. The van der Waals surface area contributed by atoms with Crippen molar-refractivity contribution in [1.29, 1.82) is 0 Å². The van der Waals surface area contributed by atoms with E-state index < -0.39 is 5.97 Å². The van der Waals surface area contributed by atoms with E-state index in [1.807, 2.05) is 43.3 Å². The normalized spacial score (nSPS) is 11.0. The molecular formula is C17H14ClNO2. The van der Waals surface area contributed by atoms with Crippen LogP contribution in [-0.2, 0) is 11.2 Å². The Morgan fingerprint density at radius 1 is 1.24 bits per heavy atom. The molecule has 0 saturated carbocycles. The molecule has 4 heteroatoms. The fraction of sp³-hybridized carbons (Fsp3) is 0.118. The first-order valence-corrected chi connectivity index (χ1v) is 7.02. The van der Waals surface area contributed by atoms with Gasteiger partial charge in [-0.1, -0.05) is 41.4 Å². The van der Waals surface area contributed by atoms with E-state index in [1.54, 1.807) is 6.07 Å². The van der Waals surface area contributed by atoms with Gasteiger partial charge in [-0.3, -0.25) is 4.79 Å². The lowest BCUT2D eigenvalue weighted by Crippen LogP contribution is -2.01. The number of carboxylic acids is 1. The summed E-state index contributed by atoms with van der Waals surface area (Å²) in [5.74, 6) is -0.856. The number of H-pyrrole nitrogens is 1. The molecule has 0 radical (unpaired) electrons. The minimum absolute atomic E-state index is 0.0377. The van der Waals surface area contributed by atoms with Crippen molar-refractivity contribution in [2.45, 2.75) is 13.3 Å². The molecule has 1 heterocycles. The summed E-state index contributed by atoms with van der Waals surface area (Å²) in [5.41, 5.74) is 4.40. The van der Waals surface area contributed by atoms with Crippen molar-refractivity contribution in [3.63, 3.8) is 0 Å². The highest BCUT2D eigenvalue weighted by atomic mass is 35.5. The van der Waals surface area contributed by atoms with Crippen molar-refractivity contribution in [2.24, 2.45) is 0 Å². The molecule has 0 aliphatic carbocycles. The molecule has 0 saturated heterocycles. The van der Waals surface area contributed by atoms with Gasteiger partial charge in [0.1, 0.15) is 0 Å². The summed E-state index contributed by atoms with van der Waals surface area (Å²) in [6.07, 6.45) is -0.0377. The van der Waals surface area contributed by atoms with Gasteiger partial charge < -0.3 is 10.1 Å². The average Bonchev–Trinajstić information content (AvgIpc) is 2.77. The van der Waals surface area contributed by atoms with Crippen LogP contribution in [0.2, 0.25) is 5.02 Å². The number of hydrogen-bond donors (Lipinski definition) is 2. The molecule has 3 aromatic rings. The summed E-state index contributed by atoms with van der Waals surface area (Å²) < 4.78 is 0. The van der Waals surface area contributed by atoms with Crippen molar-refractivity contribution in [3.8, 4) is 11.3 Å². The summed E-state index contributed by atoms with van der Waals surface area (Å²) >= 11 is 6.26. The van der Waals surface area contributed by atoms with E-state index in [9.17, 15) is 9.90 Å². The molecular weight excluding hydrogens is 286 g/mol. The molecule has 106 valence electrons. The number of aromatic amines is 1. The van der Waals surface area contributed by atoms with Crippen LogP contribution in [0.25, 0.3) is 22.2 Å². The number of rotatable bonds is 3. The van der Waals surface area contributed by atoms with E-state index in [4.69, 9.17) is 11.6 Å². The minimum atomic E-state index is -0.856. The number of nitrogens with one attached hydrogen (secondary N) is 1. The first-order chi connectivity index (χ1) is 10.1. The predicted octanol–water partition coefficient (Wildman–Crippen LogP) is 4.42. The lowest BCUT2D eigenvalue weighted by Gasteiger charge is -2.05. The fourth-order valence-corrected chi connectivity index (χ4v) is 2.82. The molecule has 0 amide bonds. The molecule has 0 fully saturated rings. The number of aryl methyl sites for hydroxylation is 1. The first-order valence-electron chi connectivity index (χ1n) is 6.64. The van der Waals surface area contributed by atoms with Crippen LogP contribution in [0.5, 0.6) is 0 Å². The zero-order chi connectivity index (χ0) is 15.0. The van der Waals surface area contributed by atoms with Crippen LogP contribution in [-0.4, -0.2) is 16.1 Å². The Balaban J connectivity index is 2.31. The van der Waals surface area contributed by atoms with Crippen molar-refractivity contribution >= 4 is 28.5 Å². The maximum absolute atomic E-state index is 11.2. The monoisotopic (exact) mass is 299 g/mol. The molecule has 0 aliphatic rings. The zero-order valence-corrected chi connectivity index (χ0v) is 12.2. The van der Waals surface area contributed by atoms with Crippen LogP contribution < -0.4 is 0 Å². The van der Waals surface area contributed by atoms with Gasteiger partial charge in [-0.05, 0) is 30.7 Å². The van der Waals surface area contributed by atoms with Gasteiger partial charge in [-0.15, -0.1) is 0 Å². The number of fused-ring (bicyclic) bond motifs is 1. The highest BCUT2D eigenvalue weighted by molar-refractivity contribution is 6.33. The Labute approximate surface area is 127 Å². The second kappa shape index (κ2) is 5.26. The van der Waals surface area contributed by atoms with Gasteiger partial charge in [0, 0.05) is 21.5 Å². The lowest BCUT2D eigenvalue weighted by molar-refractivity contribution is -0.136. The van der Waals surface area contributed by atoms with Gasteiger partial charge in [0.05, 0.1) is 12.1 Å². The number of benzene rings is 2. The molecule has 1 aromatic heterocycles. The Morgan fingerprint density at radius 3 is 2.71 bits per heavy atom. The Kier molecular flexibility index (Phi) is 3.43. The third-order valence-electron chi connectivity index (χ3n) is 3.53. The number of hydrogen-bond acceptors (Lipinski definition) is 1. The standard InChI is InChI=1S/C17H14ClNO2/c1-10-6-7-15-12(8-10)13(9-16(20)21)17(19-15)11-4-2-3-5-14(11)18/h2-8,19H,9H2,1H3,(H,20,21). The molecule has 0 spiro atoms. The number of aromatic nitrogens is 1. The third-order valence-corrected chi connectivity index (χ3v) is 3.86. The van der Waals surface area contributed by atoms with Gasteiger partial charge in [-0.2, -0.15) is 0 Å². The second-order valence-electron chi connectivity index (χ2n) is 5.08. The lowest BCUT2D eigenvalue weighted by atomic mass is 10.0. The summed E-state index contributed by atoms with van der Waals surface area (Å²) in [6.45, 7) is 1.99. The quantitative estimate of drug-likeness (QED) is 0.752. The molecule has 2 N–H and O–H groups in total. The second-order valence-corrected chi connectivity index (χ2v) is 5.49. The van der Waals surface area contributed by atoms with E-state index in [1.165, 1.54) is 0 Å². The van der Waals surface area contributed by atoms with Crippen LogP contribution in [0.1, 0.15) is 11.1 Å². The molecule has 21 heavy (non-hydrogen) atoms. The molecule has 0 unspecified atom stereocenters. The van der Waals surface area contributed by atoms with E-state index >= 15 is 0 Å². The number of carbonyl (C=O) groups is 1. The van der Waals surface area contributed by atoms with E-state index in [2.05, 4.69) is 4.98 Å². The number of halogens is 1. The highest BCUT2D eigenvalue weighted by Crippen LogP contribution is 2.35. The van der Waals surface area contributed by atoms with Crippen LogP contribution in [0.3, 0.4) is 0 Å². The van der Waals surface area contributed by atoms with E-state index in [-0.39, 0.29) is 6.42 Å². The topological polar surface area (TPSA) is 53.1 Å². The molecule has 3 nitrogen and oxygen atoms in total. The number of carboxylic acid groups (broad SMARTS) is 1. The summed E-state index contributed by atoms with van der Waals surface area (Å²) in [7, 11) is 0. The van der Waals surface area contributed by atoms with Crippen LogP contribution in [0.4, 0.5) is 0 Å². The minimum Gasteiger partial charge on any atom is -0.481 e. The van der Waals surface area contributed by atoms with Crippen LogP contribution in [0.15, 0.2) is 42.5 Å². The molecule has 2 aromatic carbocycles. The average molecular weight is 300 g/mol. The summed E-state index contributed by atoms with van der Waals surface area (Å²) in [6, 6.07) is 13.4. The van der Waals surface area contributed by atoms with Gasteiger partial charge in [0.2, 0.25) is 0 Å². The molecule has 3 rings (SSSR count). The summed E-state index contributed by atoms with van der Waals surface area (Å²) in [4.78, 5) is 14.5. The van der Waals surface area contributed by atoms with Crippen molar-refractivity contribution in [1.82, 2.24) is 4.98 Å². The van der Waals surface area contributed by atoms with Gasteiger partial charge in [0.25, 0.3) is 0 Å². The Morgan fingerprint density at radius 2 is 2.00 bits per heavy atom. The van der Waals surface area contributed by atoms with Crippen molar-refractivity contribution < 1.29 is 9.90 Å². The fourth-order valence-electron chi connectivity index (χ4n) is 2.59. The zero-order valence-electron chi connectivity index (χ0n) is 11.5. The highest BCUT2D eigenvalue weighted by Gasteiger charge is 2.17. The van der Waals surface area contributed by atoms with Crippen molar-refractivity contribution in [2.75, 3.05) is 0 Å². The van der Waals surface area contributed by atoms with E-state index in [0.29, 0.717) is 5.02 Å². The largest absolute Gasteiger partial charge is 0.481 e. The molecule has 0 bridgehead atoms. The summed E-state index contributed by atoms with van der Waals surface area (Å²) in [5, 5.41) is 10.7. The smallest absolute Gasteiger partial charge is 0.307 e. The van der Waals surface area contributed by atoms with Crippen LogP contribution >= 0.6 is 11.6 Å². The third kappa shape index (κ3) is 2.52. The SMILES string of the molecule is Cc1ccc2[nH]c(-c3ccccc3Cl)c(CC(=O)O)c2c1. The Bertz CT molecular complexity index is 836. The Hall–Kier alpha value is -2.26. The van der Waals surface area contributed by atoms with E-state index in [0.717, 1.165) is 33.3 Å². The van der Waals surface area contributed by atoms with Gasteiger partial charge in [-0.25, -0.2) is 0 Å². The molecule has 0 aliphatic heterocycles.